The molecule has 0 fully saturated rings. The molecule has 0 aliphatic rings. The first-order chi connectivity index (χ1) is 28.2. The molecule has 3 aromatic carbocycles. The van der Waals surface area contributed by atoms with Gasteiger partial charge in [-0.25, -0.2) is 4.39 Å². The topological polar surface area (TPSA) is 149 Å². The van der Waals surface area contributed by atoms with Crippen LogP contribution in [0.5, 0.6) is 0 Å². The Labute approximate surface area is 358 Å². The summed E-state index contributed by atoms with van der Waals surface area (Å²) in [4.78, 5) is 38.1. The molecule has 3 atom stereocenters. The van der Waals surface area contributed by atoms with Gasteiger partial charge in [0.2, 0.25) is 0 Å². The molecular weight excluding hydrogens is 837 g/mol. The van der Waals surface area contributed by atoms with Crippen LogP contribution in [0.2, 0.25) is 0 Å². The number of aromatic nitrogens is 6. The maximum Gasteiger partial charge on any atom is 0.398 e. The van der Waals surface area contributed by atoms with Crippen molar-refractivity contribution in [3.8, 4) is 33.8 Å². The molecule has 10 nitrogen and oxygen atoms in total. The van der Waals surface area contributed by atoms with Gasteiger partial charge in [0.15, 0.2) is 0 Å². The molecule has 17 heteroatoms. The summed E-state index contributed by atoms with van der Waals surface area (Å²) < 4.78 is 62.9. The molecule has 318 valence electrons. The Hall–Kier alpha value is -4.97. The minimum absolute atomic E-state index is 0.000677. The van der Waals surface area contributed by atoms with Gasteiger partial charge >= 0.3 is 6.18 Å². The summed E-state index contributed by atoms with van der Waals surface area (Å²) in [5.74, 6) is -4.04. The number of halogens is 4. The number of carbonyl (C=O) groups is 3. The number of hydrogen-bond acceptors (Lipinski definition) is 13. The fraction of sp³-hybridized carbons (Fsp3) is 0.372. The van der Waals surface area contributed by atoms with Crippen LogP contribution in [0.25, 0.3) is 33.8 Å². The number of rotatable bonds is 14. The number of aliphatic hydroxyl groups is 1. The minimum atomic E-state index is -4.51. The molecule has 0 spiro atoms. The van der Waals surface area contributed by atoms with E-state index >= 15 is 0 Å². The van der Waals surface area contributed by atoms with Gasteiger partial charge in [-0.3, -0.25) is 14.4 Å². The van der Waals surface area contributed by atoms with Crippen LogP contribution in [0.15, 0.2) is 91.0 Å². The first-order valence-electron chi connectivity index (χ1n) is 18.8. The molecule has 0 amide bonds. The Bertz CT molecular complexity index is 2030. The van der Waals surface area contributed by atoms with E-state index < -0.39 is 41.0 Å². The van der Waals surface area contributed by atoms with Gasteiger partial charge in [0.1, 0.15) is 46.0 Å². The van der Waals surface area contributed by atoms with Crippen LogP contribution in [0, 0.1) is 17.8 Å². The average molecular weight is 883 g/mol. The number of Topliss-reactive ketones (excluding diaryl/α,β-unsaturated/α-hetero) is 3. The van der Waals surface area contributed by atoms with Crippen molar-refractivity contribution < 1.29 is 37.1 Å². The lowest BCUT2D eigenvalue weighted by Crippen LogP contribution is -2.35. The van der Waals surface area contributed by atoms with Crippen molar-refractivity contribution in [2.24, 2.45) is 17.8 Å². The smallest absolute Gasteiger partial charge is 0.390 e. The largest absolute Gasteiger partial charge is 0.398 e. The molecule has 6 aromatic rings. The number of hydrogen-bond donors (Lipinski definition) is 1. The summed E-state index contributed by atoms with van der Waals surface area (Å²) in [5, 5.41) is 22.0. The number of nitrogens with zero attached hydrogens (tertiary/aromatic N) is 6. The van der Waals surface area contributed by atoms with Gasteiger partial charge in [0.05, 0.1) is 20.2 Å². The van der Waals surface area contributed by atoms with Gasteiger partial charge in [0.25, 0.3) is 0 Å². The number of benzene rings is 3. The summed E-state index contributed by atoms with van der Waals surface area (Å²) in [6.07, 6.45) is -4.38. The molecular formula is C43H46F4N6O4S3. The van der Waals surface area contributed by atoms with E-state index in [1.54, 1.807) is 52.0 Å². The highest BCUT2D eigenvalue weighted by Gasteiger charge is 2.41. The zero-order valence-corrected chi connectivity index (χ0v) is 36.6. The summed E-state index contributed by atoms with van der Waals surface area (Å²) >= 11 is 3.38. The van der Waals surface area contributed by atoms with Crippen LogP contribution in [0.3, 0.4) is 0 Å². The van der Waals surface area contributed by atoms with Gasteiger partial charge in [-0.05, 0) is 69.2 Å². The lowest BCUT2D eigenvalue weighted by molar-refractivity contribution is -0.177. The van der Waals surface area contributed by atoms with Crippen molar-refractivity contribution in [1.82, 2.24) is 28.8 Å². The van der Waals surface area contributed by atoms with Crippen molar-refractivity contribution in [3.05, 3.63) is 106 Å². The molecule has 3 heterocycles. The lowest BCUT2D eigenvalue weighted by atomic mass is 9.87. The quantitative estimate of drug-likeness (QED) is 0.105. The highest BCUT2D eigenvalue weighted by atomic mass is 32.1. The monoisotopic (exact) mass is 882 g/mol. The first-order valence-corrected chi connectivity index (χ1v) is 21.2. The van der Waals surface area contributed by atoms with E-state index in [0.29, 0.717) is 16.3 Å². The molecule has 0 aliphatic carbocycles. The highest BCUT2D eigenvalue weighted by Crippen LogP contribution is 2.31. The number of carbonyl (C=O) groups excluding carboxylic acids is 3. The van der Waals surface area contributed by atoms with E-state index in [4.69, 9.17) is 0 Å². The van der Waals surface area contributed by atoms with Crippen molar-refractivity contribution in [2.45, 2.75) is 85.2 Å². The maximum absolute atomic E-state index is 13.8. The van der Waals surface area contributed by atoms with Gasteiger partial charge in [-0.1, -0.05) is 118 Å². The van der Waals surface area contributed by atoms with Crippen molar-refractivity contribution in [3.63, 3.8) is 0 Å². The average Bonchev–Trinajstić information content (AvgIpc) is 3.99. The summed E-state index contributed by atoms with van der Waals surface area (Å²) in [6, 6.07) is 28.2. The van der Waals surface area contributed by atoms with Crippen LogP contribution in [0.1, 0.15) is 63.1 Å². The van der Waals surface area contributed by atoms with Gasteiger partial charge in [0, 0.05) is 47.8 Å². The van der Waals surface area contributed by atoms with Gasteiger partial charge in [-0.2, -0.15) is 13.2 Å². The van der Waals surface area contributed by atoms with Crippen LogP contribution in [-0.4, -0.2) is 68.7 Å². The van der Waals surface area contributed by atoms with Crippen LogP contribution in [0.4, 0.5) is 17.6 Å². The molecule has 3 aromatic heterocycles. The van der Waals surface area contributed by atoms with E-state index in [0.717, 1.165) is 50.6 Å². The lowest BCUT2D eigenvalue weighted by Gasteiger charge is -2.24. The van der Waals surface area contributed by atoms with Gasteiger partial charge < -0.3 is 5.11 Å². The second-order valence-electron chi connectivity index (χ2n) is 15.1. The molecule has 0 saturated heterocycles. The van der Waals surface area contributed by atoms with E-state index in [2.05, 4.69) is 28.8 Å². The van der Waals surface area contributed by atoms with Crippen LogP contribution < -0.4 is 0 Å². The van der Waals surface area contributed by atoms with E-state index in [9.17, 15) is 37.1 Å². The SMILES string of the molecule is CC(C(=O)Cc1snnc1-c1ccccc1)C(C)(C)F.CC(C(=O)Cc1snnc1-c1ccccc1)C(F)(F)F.C[C@H](C(=O)Cc1snnc1-c1ccccc1)C(C)(C)O. The summed E-state index contributed by atoms with van der Waals surface area (Å²) in [6.45, 7) is 10.4. The van der Waals surface area contributed by atoms with Crippen LogP contribution in [-0.2, 0) is 33.6 Å². The fourth-order valence-electron chi connectivity index (χ4n) is 5.31. The number of ketones is 3. The van der Waals surface area contributed by atoms with Gasteiger partial charge in [-0.15, -0.1) is 15.3 Å². The Balaban J connectivity index is 0.000000198. The Morgan fingerprint density at radius 3 is 1.07 bits per heavy atom. The molecule has 0 bridgehead atoms. The third-order valence-corrected chi connectivity index (χ3v) is 12.0. The van der Waals surface area contributed by atoms with Crippen molar-refractivity contribution in [2.75, 3.05) is 0 Å². The van der Waals surface area contributed by atoms with E-state index in [1.165, 1.54) is 36.9 Å². The van der Waals surface area contributed by atoms with E-state index in [1.807, 2.05) is 66.7 Å². The fourth-order valence-corrected chi connectivity index (χ4v) is 7.33. The Kier molecular flexibility index (Phi) is 16.7. The first kappa shape index (κ1) is 47.7. The summed E-state index contributed by atoms with van der Waals surface area (Å²) in [7, 11) is 0. The molecule has 2 unspecified atom stereocenters. The zero-order chi connectivity index (χ0) is 44.3. The molecule has 6 rings (SSSR count). The zero-order valence-electron chi connectivity index (χ0n) is 34.1. The second kappa shape index (κ2) is 21.0. The number of alkyl halides is 4. The van der Waals surface area contributed by atoms with E-state index in [-0.39, 0.29) is 30.8 Å². The molecule has 0 radical (unpaired) electrons. The standard InChI is InChI=1S/C15H17FN2OS.C15H18N2O2S.C13H11F3N2OS/c1-10(15(2,3)16)12(19)9-13-14(17-18-20-13)11-7-5-4-6-8-11;1-10(15(2,3)19)12(18)9-13-14(16-17-20-13)11-7-5-4-6-8-11;1-8(13(14,15)16)10(19)7-11-12(17-18-20-11)9-5-3-2-4-6-9/h4-8,10H,9H2,1-3H3;4-8,10,19H,9H2,1-3H3;2-6,8H,7H2,1H3/t;10-;/m.1./s1. The Morgan fingerprint density at radius 1 is 0.517 bits per heavy atom. The third kappa shape index (κ3) is 13.5. The summed E-state index contributed by atoms with van der Waals surface area (Å²) in [5.41, 5.74) is 2.04. The van der Waals surface area contributed by atoms with Crippen molar-refractivity contribution in [1.29, 1.82) is 0 Å². The predicted molar refractivity (Wildman–Crippen MR) is 227 cm³/mol. The third-order valence-electron chi connectivity index (χ3n) is 9.84. The molecule has 60 heavy (non-hydrogen) atoms. The Morgan fingerprint density at radius 2 is 0.800 bits per heavy atom. The maximum atomic E-state index is 13.8. The molecule has 1 N–H and O–H groups in total. The van der Waals surface area contributed by atoms with Crippen LogP contribution >= 0.6 is 34.6 Å². The normalized spacial score (nSPS) is 13.2. The minimum Gasteiger partial charge on any atom is -0.390 e. The predicted octanol–water partition coefficient (Wildman–Crippen LogP) is 9.94. The molecule has 0 aliphatic heterocycles. The second-order valence-corrected chi connectivity index (χ2v) is 17.6. The van der Waals surface area contributed by atoms with Crippen molar-refractivity contribution >= 4 is 51.9 Å². The molecule has 0 saturated carbocycles. The highest BCUT2D eigenvalue weighted by molar-refractivity contribution is 7.06.